The van der Waals surface area contributed by atoms with Gasteiger partial charge in [-0.25, -0.2) is 4.98 Å². The average Bonchev–Trinajstić information content (AvgIpc) is 3.23. The number of epoxide rings is 1. The predicted molar refractivity (Wildman–Crippen MR) is 122 cm³/mol. The highest BCUT2D eigenvalue weighted by atomic mass is 28.4. The van der Waals surface area contributed by atoms with Crippen LogP contribution in [0.4, 0.5) is 5.95 Å². The molecule has 2 aliphatic heterocycles. The number of ketones is 1. The number of fused-ring (bicyclic) bond motifs is 2. The molecule has 2 aliphatic rings. The minimum Gasteiger partial charge on any atom is -0.414 e. The monoisotopic (exact) mass is 463 g/mol. The SMILES string of the molecule is CC(C)C(=O)CNc1nc2c(ncn2[C@@H]2O[C@H](CO[Si](C)(C)C(C)(C)C)[C@@H]3O[C@@H]32)c(=O)[nH]1. The number of Topliss-reactive ketones (excluding diaryl/α,β-unsaturated/α-hetero) is 1. The van der Waals surface area contributed by atoms with Crippen LogP contribution < -0.4 is 10.9 Å². The van der Waals surface area contributed by atoms with E-state index >= 15 is 0 Å². The third-order valence-electron chi connectivity index (χ3n) is 6.72. The number of hydrogen-bond acceptors (Lipinski definition) is 8. The quantitative estimate of drug-likeness (QED) is 0.452. The first kappa shape index (κ1) is 23.1. The molecule has 4 atom stereocenters. The van der Waals surface area contributed by atoms with Crippen LogP contribution in [0.5, 0.6) is 0 Å². The van der Waals surface area contributed by atoms with Gasteiger partial charge < -0.3 is 19.2 Å². The number of ether oxygens (including phenoxy) is 2. The summed E-state index contributed by atoms with van der Waals surface area (Å²) >= 11 is 0. The summed E-state index contributed by atoms with van der Waals surface area (Å²) in [7, 11) is -1.91. The van der Waals surface area contributed by atoms with E-state index in [1.54, 1.807) is 10.9 Å². The van der Waals surface area contributed by atoms with E-state index in [2.05, 4.69) is 54.1 Å². The van der Waals surface area contributed by atoms with Gasteiger partial charge in [-0.15, -0.1) is 0 Å². The minimum atomic E-state index is -1.91. The highest BCUT2D eigenvalue weighted by Gasteiger charge is 2.59. The molecule has 0 amide bonds. The van der Waals surface area contributed by atoms with Crippen molar-refractivity contribution in [2.75, 3.05) is 18.5 Å². The van der Waals surface area contributed by atoms with Crippen LogP contribution in [0.25, 0.3) is 11.2 Å². The molecular formula is C21H33N5O5Si. The van der Waals surface area contributed by atoms with Crippen LogP contribution in [-0.4, -0.2) is 65.1 Å². The van der Waals surface area contributed by atoms with Gasteiger partial charge in [0.2, 0.25) is 5.95 Å². The van der Waals surface area contributed by atoms with E-state index in [1.807, 2.05) is 13.8 Å². The first-order valence-corrected chi connectivity index (χ1v) is 14.0. The van der Waals surface area contributed by atoms with Crippen molar-refractivity contribution in [3.63, 3.8) is 0 Å². The summed E-state index contributed by atoms with van der Waals surface area (Å²) in [6, 6.07) is 0. The molecule has 11 heteroatoms. The highest BCUT2D eigenvalue weighted by Crippen LogP contribution is 2.46. The maximum atomic E-state index is 12.5. The summed E-state index contributed by atoms with van der Waals surface area (Å²) < 4.78 is 20.2. The van der Waals surface area contributed by atoms with Gasteiger partial charge in [0.05, 0.1) is 19.5 Å². The van der Waals surface area contributed by atoms with Gasteiger partial charge in [-0.2, -0.15) is 4.98 Å². The van der Waals surface area contributed by atoms with Crippen LogP contribution in [0.2, 0.25) is 18.1 Å². The Hall–Kier alpha value is -2.08. The van der Waals surface area contributed by atoms with Crippen molar-refractivity contribution >= 4 is 31.2 Å². The van der Waals surface area contributed by atoms with E-state index in [9.17, 15) is 9.59 Å². The molecule has 0 bridgehead atoms. The fourth-order valence-electron chi connectivity index (χ4n) is 3.43. The van der Waals surface area contributed by atoms with E-state index in [0.29, 0.717) is 12.3 Å². The summed E-state index contributed by atoms with van der Waals surface area (Å²) in [5.74, 6) is 0.145. The first-order chi connectivity index (χ1) is 14.9. The van der Waals surface area contributed by atoms with Gasteiger partial charge in [0.15, 0.2) is 31.5 Å². The lowest BCUT2D eigenvalue weighted by Gasteiger charge is -2.37. The number of rotatable bonds is 8. The van der Waals surface area contributed by atoms with Crippen molar-refractivity contribution in [3.05, 3.63) is 16.7 Å². The molecule has 10 nitrogen and oxygen atoms in total. The Labute approximate surface area is 188 Å². The standard InChI is InChI=1S/C21H33N5O5Si/c1-11(2)12(27)8-22-20-24-17-14(18(28)25-20)23-10-26(17)19-16-15(31-16)13(30-19)9-29-32(6,7)21(3,4)5/h10-11,13,15-16,19H,8-9H2,1-7H3,(H2,22,24,25,28)/t13-,15+,16+,19-/m1/s1. The first-order valence-electron chi connectivity index (χ1n) is 11.1. The van der Waals surface area contributed by atoms with Gasteiger partial charge in [0.25, 0.3) is 5.56 Å². The van der Waals surface area contributed by atoms with Crippen molar-refractivity contribution in [1.82, 2.24) is 19.5 Å². The van der Waals surface area contributed by atoms with E-state index < -0.39 is 14.5 Å². The molecule has 2 saturated heterocycles. The van der Waals surface area contributed by atoms with Crippen LogP contribution in [0.3, 0.4) is 0 Å². The Bertz CT molecular complexity index is 1070. The summed E-state index contributed by atoms with van der Waals surface area (Å²) in [5.41, 5.74) is 0.225. The molecule has 176 valence electrons. The third kappa shape index (κ3) is 4.26. The summed E-state index contributed by atoms with van der Waals surface area (Å²) in [4.78, 5) is 35.8. The lowest BCUT2D eigenvalue weighted by atomic mass is 10.1. The van der Waals surface area contributed by atoms with Crippen LogP contribution in [0, 0.1) is 5.92 Å². The van der Waals surface area contributed by atoms with E-state index in [0.717, 1.165) is 0 Å². The number of carbonyl (C=O) groups is 1. The van der Waals surface area contributed by atoms with Crippen molar-refractivity contribution in [3.8, 4) is 0 Å². The molecule has 4 heterocycles. The fourth-order valence-corrected chi connectivity index (χ4v) is 4.45. The summed E-state index contributed by atoms with van der Waals surface area (Å²) in [5, 5.41) is 3.01. The Morgan fingerprint density at radius 2 is 2.03 bits per heavy atom. The summed E-state index contributed by atoms with van der Waals surface area (Å²) in [6.07, 6.45) is 0.777. The Morgan fingerprint density at radius 1 is 1.31 bits per heavy atom. The molecule has 0 unspecified atom stereocenters. The van der Waals surface area contributed by atoms with Crippen LogP contribution >= 0.6 is 0 Å². The van der Waals surface area contributed by atoms with Gasteiger partial charge in [-0.05, 0) is 18.1 Å². The topological polar surface area (TPSA) is 124 Å². The second-order valence-corrected chi connectivity index (χ2v) is 15.2. The third-order valence-corrected chi connectivity index (χ3v) is 11.2. The zero-order valence-corrected chi connectivity index (χ0v) is 20.8. The molecule has 32 heavy (non-hydrogen) atoms. The predicted octanol–water partition coefficient (Wildman–Crippen LogP) is 2.44. The smallest absolute Gasteiger partial charge is 0.280 e. The number of H-pyrrole nitrogens is 1. The van der Waals surface area contributed by atoms with Crippen molar-refractivity contribution in [1.29, 1.82) is 0 Å². The van der Waals surface area contributed by atoms with Gasteiger partial charge in [-0.3, -0.25) is 19.1 Å². The minimum absolute atomic E-state index is 0.0270. The number of aromatic amines is 1. The fraction of sp³-hybridized carbons (Fsp3) is 0.714. The van der Waals surface area contributed by atoms with Gasteiger partial charge in [0.1, 0.15) is 18.3 Å². The Balaban J connectivity index is 1.51. The van der Waals surface area contributed by atoms with E-state index in [1.165, 1.54) is 0 Å². The van der Waals surface area contributed by atoms with Crippen LogP contribution in [-0.2, 0) is 18.7 Å². The van der Waals surface area contributed by atoms with Gasteiger partial charge >= 0.3 is 0 Å². The average molecular weight is 464 g/mol. The maximum Gasteiger partial charge on any atom is 0.280 e. The van der Waals surface area contributed by atoms with Gasteiger partial charge in [0, 0.05) is 5.92 Å². The Kier molecular flexibility index (Phi) is 5.81. The number of nitrogens with one attached hydrogen (secondary N) is 2. The Morgan fingerprint density at radius 3 is 2.69 bits per heavy atom. The number of hydrogen-bond donors (Lipinski definition) is 2. The van der Waals surface area contributed by atoms with Crippen LogP contribution in [0.15, 0.2) is 11.1 Å². The lowest BCUT2D eigenvalue weighted by molar-refractivity contribution is -0.120. The molecule has 2 aromatic heterocycles. The molecule has 2 aromatic rings. The second-order valence-electron chi connectivity index (χ2n) is 10.4. The molecule has 0 radical (unpaired) electrons. The number of nitrogens with zero attached hydrogens (tertiary/aromatic N) is 3. The molecular weight excluding hydrogens is 430 g/mol. The molecule has 0 spiro atoms. The molecule has 0 aromatic carbocycles. The highest BCUT2D eigenvalue weighted by molar-refractivity contribution is 6.74. The normalized spacial score (nSPS) is 25.4. The summed E-state index contributed by atoms with van der Waals surface area (Å²) in [6.45, 7) is 15.2. The number of aromatic nitrogens is 4. The van der Waals surface area contributed by atoms with Crippen LogP contribution in [0.1, 0.15) is 40.8 Å². The number of anilines is 1. The zero-order valence-electron chi connectivity index (χ0n) is 19.8. The van der Waals surface area contributed by atoms with Gasteiger partial charge in [-0.1, -0.05) is 34.6 Å². The molecule has 0 aliphatic carbocycles. The molecule has 2 N–H and O–H groups in total. The maximum absolute atomic E-state index is 12.5. The van der Waals surface area contributed by atoms with Crippen molar-refractivity contribution < 1.29 is 18.7 Å². The number of imidazole rings is 1. The zero-order chi connectivity index (χ0) is 23.4. The van der Waals surface area contributed by atoms with E-state index in [-0.39, 0.29) is 58.6 Å². The number of carbonyl (C=O) groups excluding carboxylic acids is 1. The van der Waals surface area contributed by atoms with Crippen molar-refractivity contribution in [2.24, 2.45) is 5.92 Å². The molecule has 2 fully saturated rings. The lowest BCUT2D eigenvalue weighted by Crippen LogP contribution is -2.43. The molecule has 0 saturated carbocycles. The van der Waals surface area contributed by atoms with E-state index in [4.69, 9.17) is 13.9 Å². The molecule has 4 rings (SSSR count). The second kappa shape index (κ2) is 8.05. The van der Waals surface area contributed by atoms with Crippen molar-refractivity contribution in [2.45, 2.75) is 77.3 Å². The largest absolute Gasteiger partial charge is 0.414 e.